The highest BCUT2D eigenvalue weighted by Crippen LogP contribution is 2.24. The summed E-state index contributed by atoms with van der Waals surface area (Å²) in [4.78, 5) is 11.8. The number of rotatable bonds is 2. The van der Waals surface area contributed by atoms with E-state index in [2.05, 4.69) is 11.2 Å². The summed E-state index contributed by atoms with van der Waals surface area (Å²) >= 11 is 0. The summed E-state index contributed by atoms with van der Waals surface area (Å²) in [5, 5.41) is 4.02. The van der Waals surface area contributed by atoms with Crippen LogP contribution < -0.4 is 0 Å². The molecule has 18 heavy (non-hydrogen) atoms. The molecular formula is C14H16N2O2. The third-order valence-corrected chi connectivity index (χ3v) is 2.74. The number of aromatic nitrogens is 2. The summed E-state index contributed by atoms with van der Waals surface area (Å²) in [7, 11) is 0. The second-order valence-corrected chi connectivity index (χ2v) is 4.15. The van der Waals surface area contributed by atoms with Gasteiger partial charge in [-0.15, -0.1) is 0 Å². The quantitative estimate of drug-likeness (QED) is 0.815. The van der Waals surface area contributed by atoms with Crippen LogP contribution in [0.1, 0.15) is 18.1 Å². The average molecular weight is 244 g/mol. The van der Waals surface area contributed by atoms with Crippen molar-refractivity contribution in [2.24, 2.45) is 0 Å². The molecule has 0 saturated heterocycles. The van der Waals surface area contributed by atoms with Gasteiger partial charge < -0.3 is 4.74 Å². The zero-order chi connectivity index (χ0) is 13.1. The van der Waals surface area contributed by atoms with Crippen molar-refractivity contribution >= 4 is 6.09 Å². The molecule has 0 unspecified atom stereocenters. The highest BCUT2D eigenvalue weighted by atomic mass is 16.5. The molecule has 2 aromatic rings. The Hall–Kier alpha value is -2.10. The second kappa shape index (κ2) is 5.04. The first kappa shape index (κ1) is 12.4. The molecule has 0 radical (unpaired) electrons. The number of nitrogens with zero attached hydrogens (tertiary/aromatic N) is 2. The number of hydrogen-bond acceptors (Lipinski definition) is 3. The SMILES string of the molecule is CCOC(=O)n1nccc1-c1ccc(C)cc1C. The Morgan fingerprint density at radius 3 is 2.78 bits per heavy atom. The molecular weight excluding hydrogens is 228 g/mol. The van der Waals surface area contributed by atoms with Crippen molar-refractivity contribution in [1.82, 2.24) is 9.78 Å². The van der Waals surface area contributed by atoms with Gasteiger partial charge in [0.15, 0.2) is 0 Å². The van der Waals surface area contributed by atoms with Gasteiger partial charge in [0.25, 0.3) is 0 Å². The lowest BCUT2D eigenvalue weighted by Gasteiger charge is -2.09. The molecule has 0 fully saturated rings. The maximum absolute atomic E-state index is 11.8. The van der Waals surface area contributed by atoms with Crippen LogP contribution in [-0.2, 0) is 4.74 Å². The van der Waals surface area contributed by atoms with E-state index >= 15 is 0 Å². The van der Waals surface area contributed by atoms with Gasteiger partial charge in [-0.2, -0.15) is 9.78 Å². The lowest BCUT2D eigenvalue weighted by atomic mass is 10.0. The van der Waals surface area contributed by atoms with Crippen molar-refractivity contribution in [3.63, 3.8) is 0 Å². The van der Waals surface area contributed by atoms with Gasteiger partial charge in [0.1, 0.15) is 0 Å². The smallest absolute Gasteiger partial charge is 0.435 e. The van der Waals surface area contributed by atoms with E-state index in [1.54, 1.807) is 13.1 Å². The molecule has 0 N–H and O–H groups in total. The van der Waals surface area contributed by atoms with Gasteiger partial charge in [-0.3, -0.25) is 0 Å². The topological polar surface area (TPSA) is 44.1 Å². The van der Waals surface area contributed by atoms with Gasteiger partial charge in [0, 0.05) is 5.56 Å². The molecule has 1 aromatic heterocycles. The first-order chi connectivity index (χ1) is 8.63. The number of aryl methyl sites for hydroxylation is 2. The fourth-order valence-electron chi connectivity index (χ4n) is 1.94. The highest BCUT2D eigenvalue weighted by molar-refractivity contribution is 5.78. The van der Waals surface area contributed by atoms with Crippen molar-refractivity contribution in [1.29, 1.82) is 0 Å². The van der Waals surface area contributed by atoms with Crippen LogP contribution in [0.15, 0.2) is 30.5 Å². The van der Waals surface area contributed by atoms with Gasteiger partial charge in [0.2, 0.25) is 0 Å². The van der Waals surface area contributed by atoms with Gasteiger partial charge >= 0.3 is 6.09 Å². The second-order valence-electron chi connectivity index (χ2n) is 4.15. The summed E-state index contributed by atoms with van der Waals surface area (Å²) in [6.45, 7) is 6.17. The van der Waals surface area contributed by atoms with Crippen LogP contribution in [0.2, 0.25) is 0 Å². The molecule has 0 amide bonds. The molecule has 0 saturated carbocycles. The number of benzene rings is 1. The molecule has 0 atom stereocenters. The van der Waals surface area contributed by atoms with Crippen LogP contribution in [0.4, 0.5) is 4.79 Å². The van der Waals surface area contributed by atoms with Crippen LogP contribution in [-0.4, -0.2) is 22.5 Å². The third kappa shape index (κ3) is 2.27. The van der Waals surface area contributed by atoms with Crippen LogP contribution in [0.5, 0.6) is 0 Å². The summed E-state index contributed by atoms with van der Waals surface area (Å²) in [6.07, 6.45) is 1.16. The van der Waals surface area contributed by atoms with Crippen molar-refractivity contribution in [3.05, 3.63) is 41.6 Å². The number of hydrogen-bond donors (Lipinski definition) is 0. The number of carbonyl (C=O) groups is 1. The van der Waals surface area contributed by atoms with Crippen LogP contribution in [0, 0.1) is 13.8 Å². The molecule has 0 aliphatic carbocycles. The molecule has 1 heterocycles. The largest absolute Gasteiger partial charge is 0.448 e. The summed E-state index contributed by atoms with van der Waals surface area (Å²) in [6, 6.07) is 7.91. The molecule has 94 valence electrons. The summed E-state index contributed by atoms with van der Waals surface area (Å²) in [5.74, 6) is 0. The van der Waals surface area contributed by atoms with E-state index in [9.17, 15) is 4.79 Å². The van der Waals surface area contributed by atoms with E-state index in [-0.39, 0.29) is 0 Å². The maximum Gasteiger partial charge on any atom is 0.435 e. The fraction of sp³-hybridized carbons (Fsp3) is 0.286. The maximum atomic E-state index is 11.8. The molecule has 1 aromatic carbocycles. The minimum absolute atomic E-state index is 0.338. The summed E-state index contributed by atoms with van der Waals surface area (Å²) in [5.41, 5.74) is 4.05. The Morgan fingerprint density at radius 1 is 1.33 bits per heavy atom. The monoisotopic (exact) mass is 244 g/mol. The van der Waals surface area contributed by atoms with Crippen LogP contribution >= 0.6 is 0 Å². The Labute approximate surface area is 106 Å². The number of carbonyl (C=O) groups excluding carboxylic acids is 1. The summed E-state index contributed by atoms with van der Waals surface area (Å²) < 4.78 is 6.27. The van der Waals surface area contributed by atoms with Crippen molar-refractivity contribution in [3.8, 4) is 11.3 Å². The standard InChI is InChI=1S/C14H16N2O2/c1-4-18-14(17)16-13(7-8-15-16)12-6-5-10(2)9-11(12)3/h5-9H,4H2,1-3H3. The first-order valence-electron chi connectivity index (χ1n) is 5.92. The van der Waals surface area contributed by atoms with E-state index in [1.807, 2.05) is 32.0 Å². The molecule has 0 spiro atoms. The average Bonchev–Trinajstić information content (AvgIpc) is 2.78. The lowest BCUT2D eigenvalue weighted by molar-refractivity contribution is 0.151. The molecule has 2 rings (SSSR count). The van der Waals surface area contributed by atoms with E-state index < -0.39 is 6.09 Å². The predicted molar refractivity (Wildman–Crippen MR) is 69.6 cm³/mol. The van der Waals surface area contributed by atoms with E-state index in [0.29, 0.717) is 6.61 Å². The Kier molecular flexibility index (Phi) is 3.46. The van der Waals surface area contributed by atoms with Crippen molar-refractivity contribution in [2.75, 3.05) is 6.61 Å². The van der Waals surface area contributed by atoms with E-state index in [4.69, 9.17) is 4.74 Å². The number of ether oxygens (including phenoxy) is 1. The Balaban J connectivity index is 2.45. The third-order valence-electron chi connectivity index (χ3n) is 2.74. The van der Waals surface area contributed by atoms with Crippen LogP contribution in [0.3, 0.4) is 0 Å². The van der Waals surface area contributed by atoms with Gasteiger partial charge in [-0.1, -0.05) is 23.8 Å². The van der Waals surface area contributed by atoms with E-state index in [0.717, 1.165) is 16.8 Å². The predicted octanol–water partition coefficient (Wildman–Crippen LogP) is 3.17. The lowest BCUT2D eigenvalue weighted by Crippen LogP contribution is -2.16. The van der Waals surface area contributed by atoms with Gasteiger partial charge in [0.05, 0.1) is 18.5 Å². The van der Waals surface area contributed by atoms with Crippen LogP contribution in [0.25, 0.3) is 11.3 Å². The van der Waals surface area contributed by atoms with E-state index in [1.165, 1.54) is 10.2 Å². The molecule has 4 nitrogen and oxygen atoms in total. The molecule has 4 heteroatoms. The minimum Gasteiger partial charge on any atom is -0.448 e. The highest BCUT2D eigenvalue weighted by Gasteiger charge is 2.14. The Morgan fingerprint density at radius 2 is 2.11 bits per heavy atom. The van der Waals surface area contributed by atoms with Gasteiger partial charge in [-0.25, -0.2) is 4.79 Å². The Bertz CT molecular complexity index is 573. The molecule has 0 aliphatic rings. The zero-order valence-electron chi connectivity index (χ0n) is 10.8. The zero-order valence-corrected chi connectivity index (χ0v) is 10.8. The first-order valence-corrected chi connectivity index (χ1v) is 5.92. The molecule has 0 bridgehead atoms. The molecule has 0 aliphatic heterocycles. The van der Waals surface area contributed by atoms with Crippen molar-refractivity contribution in [2.45, 2.75) is 20.8 Å². The van der Waals surface area contributed by atoms with Gasteiger partial charge in [-0.05, 0) is 32.4 Å². The normalized spacial score (nSPS) is 10.4. The fourth-order valence-corrected chi connectivity index (χ4v) is 1.94. The minimum atomic E-state index is -0.447. The van der Waals surface area contributed by atoms with Crippen molar-refractivity contribution < 1.29 is 9.53 Å².